The molecule has 1 N–H and O–H groups in total. The predicted molar refractivity (Wildman–Crippen MR) is 136 cm³/mol. The molecule has 8 nitrogen and oxygen atoms in total. The van der Waals surface area contributed by atoms with E-state index in [-0.39, 0.29) is 11.6 Å². The molecule has 4 heterocycles. The molecule has 0 saturated carbocycles. The number of aromatic nitrogens is 3. The summed E-state index contributed by atoms with van der Waals surface area (Å²) >= 11 is 0. The number of nitrogens with zero attached hydrogens (tertiary/aromatic N) is 5. The average Bonchev–Trinajstić information content (AvgIpc) is 2.76. The Morgan fingerprint density at radius 2 is 1.74 bits per heavy atom. The van der Waals surface area contributed by atoms with Gasteiger partial charge in [0.15, 0.2) is 0 Å². The first kappa shape index (κ1) is 23.7. The summed E-state index contributed by atoms with van der Waals surface area (Å²) in [6.07, 6.45) is 5.20. The number of hydrogen-bond donors (Lipinski definition) is 1. The molecule has 8 heteroatoms. The van der Waals surface area contributed by atoms with Crippen molar-refractivity contribution in [3.8, 4) is 11.3 Å². The Kier molecular flexibility index (Phi) is 6.34. The fourth-order valence-corrected chi connectivity index (χ4v) is 3.94. The van der Waals surface area contributed by atoms with Gasteiger partial charge in [0.25, 0.3) is 0 Å². The smallest absolute Gasteiger partial charge is 0.410 e. The molecular weight excluding hydrogens is 428 g/mol. The molecule has 0 aromatic carbocycles. The van der Waals surface area contributed by atoms with E-state index in [1.54, 1.807) is 17.3 Å². The highest BCUT2D eigenvalue weighted by Gasteiger charge is 2.27. The molecule has 1 saturated heterocycles. The second-order valence-electron chi connectivity index (χ2n) is 10.7. The lowest BCUT2D eigenvalue weighted by Gasteiger charge is -2.36. The van der Waals surface area contributed by atoms with Gasteiger partial charge in [-0.2, -0.15) is 0 Å². The summed E-state index contributed by atoms with van der Waals surface area (Å²) in [4.78, 5) is 30.4. The number of ether oxygens (including phenoxy) is 1. The molecule has 3 aromatic rings. The fourth-order valence-electron chi connectivity index (χ4n) is 3.94. The van der Waals surface area contributed by atoms with Gasteiger partial charge < -0.3 is 19.9 Å². The second kappa shape index (κ2) is 9.08. The van der Waals surface area contributed by atoms with Crippen molar-refractivity contribution in [2.45, 2.75) is 52.7 Å². The number of anilines is 2. The highest BCUT2D eigenvalue weighted by Crippen LogP contribution is 2.31. The van der Waals surface area contributed by atoms with Gasteiger partial charge in [0.05, 0.1) is 5.69 Å². The zero-order valence-electron chi connectivity index (χ0n) is 20.9. The number of pyridine rings is 3. The minimum atomic E-state index is -0.501. The average molecular weight is 463 g/mol. The Morgan fingerprint density at radius 3 is 2.41 bits per heavy atom. The Bertz CT molecular complexity index is 1170. The summed E-state index contributed by atoms with van der Waals surface area (Å²) in [7, 11) is 0. The van der Waals surface area contributed by atoms with Gasteiger partial charge in [-0.1, -0.05) is 0 Å². The van der Waals surface area contributed by atoms with E-state index in [2.05, 4.69) is 47.0 Å². The van der Waals surface area contributed by atoms with E-state index in [1.807, 2.05) is 45.2 Å². The van der Waals surface area contributed by atoms with Gasteiger partial charge in [0.1, 0.15) is 17.2 Å². The van der Waals surface area contributed by atoms with Gasteiger partial charge >= 0.3 is 6.09 Å². The van der Waals surface area contributed by atoms with Gasteiger partial charge in [-0.15, -0.1) is 0 Å². The van der Waals surface area contributed by atoms with Crippen LogP contribution < -0.4 is 10.2 Å². The topological polar surface area (TPSA) is 83.5 Å². The van der Waals surface area contributed by atoms with E-state index in [4.69, 9.17) is 9.72 Å². The Labute approximate surface area is 201 Å². The molecule has 0 aliphatic carbocycles. The van der Waals surface area contributed by atoms with E-state index in [0.717, 1.165) is 33.7 Å². The summed E-state index contributed by atoms with van der Waals surface area (Å²) in [6, 6.07) is 8.07. The molecule has 1 amide bonds. The lowest BCUT2D eigenvalue weighted by Crippen LogP contribution is -2.50. The SMILES string of the molecule is CC(C)(C)Nc1cc(-c2cc3cnccc3c(N3CCN(C(=O)OC(C)(C)C)CC3)n2)ccn1. The summed E-state index contributed by atoms with van der Waals surface area (Å²) < 4.78 is 5.54. The number of rotatable bonds is 3. The lowest BCUT2D eigenvalue weighted by molar-refractivity contribution is 0.0240. The third-order valence-electron chi connectivity index (χ3n) is 5.40. The van der Waals surface area contributed by atoms with E-state index in [1.165, 1.54) is 0 Å². The van der Waals surface area contributed by atoms with Crippen molar-refractivity contribution in [1.82, 2.24) is 19.9 Å². The van der Waals surface area contributed by atoms with Crippen molar-refractivity contribution in [2.75, 3.05) is 36.4 Å². The number of carbonyl (C=O) groups is 1. The molecular formula is C26H34N6O2. The minimum absolute atomic E-state index is 0.0919. The minimum Gasteiger partial charge on any atom is -0.444 e. The first-order valence-electron chi connectivity index (χ1n) is 11.7. The van der Waals surface area contributed by atoms with E-state index in [0.29, 0.717) is 26.2 Å². The Balaban J connectivity index is 1.62. The lowest BCUT2D eigenvalue weighted by atomic mass is 10.1. The Morgan fingerprint density at radius 1 is 1.00 bits per heavy atom. The van der Waals surface area contributed by atoms with E-state index in [9.17, 15) is 4.79 Å². The first-order chi connectivity index (χ1) is 16.0. The normalized spacial score (nSPS) is 14.9. The predicted octanol–water partition coefficient (Wildman–Crippen LogP) is 4.96. The third-order valence-corrected chi connectivity index (χ3v) is 5.40. The first-order valence-corrected chi connectivity index (χ1v) is 11.7. The van der Waals surface area contributed by atoms with Crippen LogP contribution in [0.5, 0.6) is 0 Å². The zero-order chi connectivity index (χ0) is 24.5. The summed E-state index contributed by atoms with van der Waals surface area (Å²) in [5.74, 6) is 1.71. The summed E-state index contributed by atoms with van der Waals surface area (Å²) in [5, 5.41) is 5.50. The third kappa shape index (κ3) is 5.73. The molecule has 0 bridgehead atoms. The van der Waals surface area contributed by atoms with Gasteiger partial charge in [-0.25, -0.2) is 14.8 Å². The van der Waals surface area contributed by atoms with E-state index >= 15 is 0 Å². The van der Waals surface area contributed by atoms with E-state index < -0.39 is 5.60 Å². The van der Waals surface area contributed by atoms with Crippen LogP contribution in [0.4, 0.5) is 16.4 Å². The molecule has 0 spiro atoms. The van der Waals surface area contributed by atoms with Crippen LogP contribution >= 0.6 is 0 Å². The summed E-state index contributed by atoms with van der Waals surface area (Å²) in [6.45, 7) is 14.5. The molecule has 1 fully saturated rings. The highest BCUT2D eigenvalue weighted by atomic mass is 16.6. The van der Waals surface area contributed by atoms with Crippen LogP contribution in [0, 0.1) is 0 Å². The van der Waals surface area contributed by atoms with Crippen molar-refractivity contribution >= 4 is 28.5 Å². The van der Waals surface area contributed by atoms with Crippen LogP contribution in [0.2, 0.25) is 0 Å². The molecule has 4 rings (SSSR count). The molecule has 1 aliphatic rings. The standard InChI is InChI=1S/C26H34N6O2/c1-25(2,3)30-22-16-18(7-10-28-22)21-15-19-17-27-9-8-20(19)23(29-21)31-11-13-32(14-12-31)24(33)34-26(4,5)6/h7-10,15-17H,11-14H2,1-6H3,(H,28,30). The van der Waals surface area contributed by atoms with Crippen molar-refractivity contribution < 1.29 is 9.53 Å². The number of nitrogens with one attached hydrogen (secondary N) is 1. The van der Waals surface area contributed by atoms with Crippen LogP contribution in [0.1, 0.15) is 41.5 Å². The number of hydrogen-bond acceptors (Lipinski definition) is 7. The zero-order valence-corrected chi connectivity index (χ0v) is 20.9. The van der Waals surface area contributed by atoms with Crippen molar-refractivity contribution in [3.05, 3.63) is 42.9 Å². The van der Waals surface area contributed by atoms with Crippen LogP contribution in [0.15, 0.2) is 42.9 Å². The maximum absolute atomic E-state index is 12.5. The maximum Gasteiger partial charge on any atom is 0.410 e. The highest BCUT2D eigenvalue weighted by molar-refractivity contribution is 5.94. The molecule has 0 radical (unpaired) electrons. The van der Waals surface area contributed by atoms with Crippen LogP contribution in [-0.4, -0.2) is 63.3 Å². The number of piperazine rings is 1. The monoisotopic (exact) mass is 462 g/mol. The molecule has 0 atom stereocenters. The van der Waals surface area contributed by atoms with Gasteiger partial charge in [0.2, 0.25) is 0 Å². The number of amides is 1. The molecule has 1 aliphatic heterocycles. The summed E-state index contributed by atoms with van der Waals surface area (Å²) in [5.41, 5.74) is 1.26. The largest absolute Gasteiger partial charge is 0.444 e. The second-order valence-corrected chi connectivity index (χ2v) is 10.7. The van der Waals surface area contributed by atoms with Crippen molar-refractivity contribution in [3.63, 3.8) is 0 Å². The molecule has 3 aromatic heterocycles. The number of carbonyl (C=O) groups excluding carboxylic acids is 1. The molecule has 34 heavy (non-hydrogen) atoms. The van der Waals surface area contributed by atoms with Gasteiger partial charge in [-0.05, 0) is 65.8 Å². The van der Waals surface area contributed by atoms with Crippen molar-refractivity contribution in [2.24, 2.45) is 0 Å². The Hall–Kier alpha value is -3.42. The molecule has 0 unspecified atom stereocenters. The maximum atomic E-state index is 12.5. The number of fused-ring (bicyclic) bond motifs is 1. The molecule has 180 valence electrons. The van der Waals surface area contributed by atoms with Gasteiger partial charge in [0, 0.05) is 66.6 Å². The fraction of sp³-hybridized carbons (Fsp3) is 0.462. The van der Waals surface area contributed by atoms with Crippen molar-refractivity contribution in [1.29, 1.82) is 0 Å². The quantitative estimate of drug-likeness (QED) is 0.589. The van der Waals surface area contributed by atoms with Crippen LogP contribution in [0.25, 0.3) is 22.0 Å². The van der Waals surface area contributed by atoms with Crippen LogP contribution in [0.3, 0.4) is 0 Å². The van der Waals surface area contributed by atoms with Crippen LogP contribution in [-0.2, 0) is 4.74 Å². The van der Waals surface area contributed by atoms with Gasteiger partial charge in [-0.3, -0.25) is 4.98 Å².